The summed E-state index contributed by atoms with van der Waals surface area (Å²) >= 11 is 6.43. The second-order valence-corrected chi connectivity index (χ2v) is 9.43. The molecule has 3 N–H and O–H groups in total. The smallest absolute Gasteiger partial charge is 0.255 e. The molecule has 1 aromatic heterocycles. The largest absolute Gasteiger partial charge is 0.489 e. The van der Waals surface area contributed by atoms with Crippen LogP contribution in [0.3, 0.4) is 0 Å². The Kier molecular flexibility index (Phi) is 5.27. The van der Waals surface area contributed by atoms with Crippen LogP contribution in [0.1, 0.15) is 44.1 Å². The molecule has 2 saturated carbocycles. The zero-order valence-electron chi connectivity index (χ0n) is 17.2. The first kappa shape index (κ1) is 20.5. The van der Waals surface area contributed by atoms with Crippen molar-refractivity contribution in [2.24, 2.45) is 11.7 Å². The lowest BCUT2D eigenvalue weighted by atomic mass is 9.63. The number of hydrogen-bond donors (Lipinski definition) is 2. The van der Waals surface area contributed by atoms with E-state index < -0.39 is 0 Å². The summed E-state index contributed by atoms with van der Waals surface area (Å²) in [6.07, 6.45) is 7.49. The Morgan fingerprint density at radius 2 is 1.81 bits per heavy atom. The van der Waals surface area contributed by atoms with Gasteiger partial charge >= 0.3 is 0 Å². The number of benzene rings is 2. The molecule has 2 aliphatic rings. The number of nitrogens with one attached hydrogen (secondary N) is 1. The summed E-state index contributed by atoms with van der Waals surface area (Å²) in [7, 11) is 0. The van der Waals surface area contributed by atoms with Crippen LogP contribution < -0.4 is 16.0 Å². The van der Waals surface area contributed by atoms with Crippen LogP contribution >= 0.6 is 11.6 Å². The van der Waals surface area contributed by atoms with E-state index in [9.17, 15) is 9.18 Å². The molecule has 2 aromatic carbocycles. The predicted molar refractivity (Wildman–Crippen MR) is 121 cm³/mol. The first-order valence-corrected chi connectivity index (χ1v) is 11.3. The summed E-state index contributed by atoms with van der Waals surface area (Å²) in [5, 5.41) is 1.79. The van der Waals surface area contributed by atoms with Crippen LogP contribution in [0.5, 0.6) is 5.75 Å². The minimum Gasteiger partial charge on any atom is -0.489 e. The first-order chi connectivity index (χ1) is 15.0. The zero-order valence-corrected chi connectivity index (χ0v) is 18.0. The van der Waals surface area contributed by atoms with E-state index >= 15 is 0 Å². The second-order valence-electron chi connectivity index (χ2n) is 9.02. The van der Waals surface area contributed by atoms with Gasteiger partial charge in [-0.25, -0.2) is 4.39 Å². The molecule has 0 unspecified atom stereocenters. The average Bonchev–Trinajstić information content (AvgIpc) is 3.61. The SMILES string of the molecule is N[C@@H](C1CC1)[C@]1(c2ccc(F)cc2)CC[C@@H](Oc2cc3cc[nH]c(=O)c3cc2Cl)CC1. The number of nitrogens with two attached hydrogens (primary N) is 1. The summed E-state index contributed by atoms with van der Waals surface area (Å²) < 4.78 is 19.8. The third-order valence-electron chi connectivity index (χ3n) is 7.13. The molecule has 0 bridgehead atoms. The number of aromatic amines is 1. The molecule has 3 aromatic rings. The van der Waals surface area contributed by atoms with Crippen molar-refractivity contribution in [3.8, 4) is 5.75 Å². The third-order valence-corrected chi connectivity index (χ3v) is 7.43. The predicted octanol–water partition coefficient (Wildman–Crippen LogP) is 5.32. The van der Waals surface area contributed by atoms with Crippen LogP contribution in [0.2, 0.25) is 5.02 Å². The lowest BCUT2D eigenvalue weighted by molar-refractivity contribution is 0.101. The van der Waals surface area contributed by atoms with Gasteiger partial charge in [-0.05, 0) is 85.7 Å². The Morgan fingerprint density at radius 3 is 2.48 bits per heavy atom. The maximum Gasteiger partial charge on any atom is 0.255 e. The summed E-state index contributed by atoms with van der Waals surface area (Å²) in [6.45, 7) is 0. The van der Waals surface area contributed by atoms with Gasteiger partial charge in [0.2, 0.25) is 0 Å². The number of halogens is 2. The van der Waals surface area contributed by atoms with Gasteiger partial charge in [0.15, 0.2) is 0 Å². The van der Waals surface area contributed by atoms with E-state index in [-0.39, 0.29) is 28.9 Å². The minimum atomic E-state index is -0.222. The number of rotatable bonds is 5. The van der Waals surface area contributed by atoms with E-state index in [4.69, 9.17) is 22.1 Å². The number of H-pyrrole nitrogens is 1. The topological polar surface area (TPSA) is 68.1 Å². The van der Waals surface area contributed by atoms with E-state index in [0.717, 1.165) is 36.6 Å². The van der Waals surface area contributed by atoms with Crippen LogP contribution in [0.25, 0.3) is 10.8 Å². The quantitative estimate of drug-likeness (QED) is 0.564. The molecule has 1 atom stereocenters. The molecule has 1 heterocycles. The fourth-order valence-electron chi connectivity index (χ4n) is 5.19. The standard InChI is InChI=1S/C25H26ClFN2O2/c26-21-14-20-16(9-12-29-24(20)30)13-22(21)31-19-7-10-25(11-8-19,23(28)15-1-2-15)17-3-5-18(27)6-4-17/h3-6,9,12-15,19,23H,1-2,7-8,10-11,28H2,(H,29,30)/t19-,23-,25-/m0/s1. The number of hydrogen-bond acceptors (Lipinski definition) is 3. The molecule has 2 fully saturated rings. The lowest BCUT2D eigenvalue weighted by Crippen LogP contribution is -2.50. The van der Waals surface area contributed by atoms with Gasteiger partial charge in [-0.1, -0.05) is 23.7 Å². The Hall–Kier alpha value is -2.37. The van der Waals surface area contributed by atoms with E-state index in [2.05, 4.69) is 4.98 Å². The van der Waals surface area contributed by atoms with Crippen molar-refractivity contribution in [3.63, 3.8) is 0 Å². The van der Waals surface area contributed by atoms with Crippen molar-refractivity contribution in [2.75, 3.05) is 0 Å². The Balaban J connectivity index is 1.37. The molecule has 6 heteroatoms. The Morgan fingerprint density at radius 1 is 1.10 bits per heavy atom. The van der Waals surface area contributed by atoms with Crippen molar-refractivity contribution < 1.29 is 9.13 Å². The van der Waals surface area contributed by atoms with E-state index in [1.807, 2.05) is 24.3 Å². The zero-order chi connectivity index (χ0) is 21.6. The van der Waals surface area contributed by atoms with Gasteiger partial charge < -0.3 is 15.5 Å². The van der Waals surface area contributed by atoms with Gasteiger partial charge in [0.1, 0.15) is 11.6 Å². The molecule has 0 amide bonds. The fraction of sp³-hybridized carbons (Fsp3) is 0.400. The highest BCUT2D eigenvalue weighted by molar-refractivity contribution is 6.32. The molecule has 0 radical (unpaired) electrons. The van der Waals surface area contributed by atoms with Crippen LogP contribution in [0.4, 0.5) is 4.39 Å². The third kappa shape index (κ3) is 3.85. The maximum absolute atomic E-state index is 13.5. The maximum atomic E-state index is 13.5. The normalized spacial score (nSPS) is 24.8. The van der Waals surface area contributed by atoms with Crippen LogP contribution in [0, 0.1) is 11.7 Å². The number of aromatic nitrogens is 1. The molecular formula is C25H26ClFN2O2. The minimum absolute atomic E-state index is 0.0249. The monoisotopic (exact) mass is 440 g/mol. The average molecular weight is 441 g/mol. The molecule has 5 rings (SSSR count). The Bertz CT molecular complexity index is 1150. The van der Waals surface area contributed by atoms with Gasteiger partial charge in [-0.2, -0.15) is 0 Å². The van der Waals surface area contributed by atoms with Crippen LogP contribution in [-0.2, 0) is 5.41 Å². The van der Waals surface area contributed by atoms with Gasteiger partial charge in [0.25, 0.3) is 5.56 Å². The highest BCUT2D eigenvalue weighted by atomic mass is 35.5. The molecule has 31 heavy (non-hydrogen) atoms. The van der Waals surface area contributed by atoms with Crippen molar-refractivity contribution in [1.82, 2.24) is 4.98 Å². The molecule has 4 nitrogen and oxygen atoms in total. The summed E-state index contributed by atoms with van der Waals surface area (Å²) in [4.78, 5) is 14.7. The van der Waals surface area contributed by atoms with Crippen molar-refractivity contribution in [2.45, 2.75) is 56.1 Å². The number of fused-ring (bicyclic) bond motifs is 1. The molecular weight excluding hydrogens is 415 g/mol. The van der Waals surface area contributed by atoms with Crippen LogP contribution in [0.15, 0.2) is 53.5 Å². The fourth-order valence-corrected chi connectivity index (χ4v) is 5.39. The van der Waals surface area contributed by atoms with Crippen molar-refractivity contribution >= 4 is 22.4 Å². The molecule has 0 spiro atoms. The molecule has 0 saturated heterocycles. The highest BCUT2D eigenvalue weighted by Gasteiger charge is 2.47. The van der Waals surface area contributed by atoms with Gasteiger partial charge in [-0.3, -0.25) is 4.79 Å². The van der Waals surface area contributed by atoms with E-state index in [0.29, 0.717) is 22.1 Å². The van der Waals surface area contributed by atoms with Gasteiger partial charge in [0.05, 0.1) is 11.1 Å². The molecule has 0 aliphatic heterocycles. The molecule has 2 aliphatic carbocycles. The van der Waals surface area contributed by atoms with Gasteiger partial charge in [-0.15, -0.1) is 0 Å². The number of pyridine rings is 1. The highest BCUT2D eigenvalue weighted by Crippen LogP contribution is 2.49. The molecule has 162 valence electrons. The van der Waals surface area contributed by atoms with Crippen molar-refractivity contribution in [1.29, 1.82) is 0 Å². The van der Waals surface area contributed by atoms with Crippen LogP contribution in [-0.4, -0.2) is 17.1 Å². The number of ether oxygens (including phenoxy) is 1. The van der Waals surface area contributed by atoms with E-state index in [1.165, 1.54) is 25.0 Å². The summed E-state index contributed by atoms with van der Waals surface area (Å²) in [5.74, 6) is 0.932. The van der Waals surface area contributed by atoms with E-state index in [1.54, 1.807) is 12.3 Å². The van der Waals surface area contributed by atoms with Gasteiger partial charge in [0, 0.05) is 23.0 Å². The second kappa shape index (κ2) is 7.95. The van der Waals surface area contributed by atoms with Crippen molar-refractivity contribution in [3.05, 3.63) is 75.4 Å². The first-order valence-electron chi connectivity index (χ1n) is 11.0. The summed E-state index contributed by atoms with van der Waals surface area (Å²) in [6, 6.07) is 12.3. The Labute approximate surface area is 185 Å². The lowest BCUT2D eigenvalue weighted by Gasteiger charge is -2.45. The summed E-state index contributed by atoms with van der Waals surface area (Å²) in [5.41, 5.74) is 7.59.